The van der Waals surface area contributed by atoms with E-state index < -0.39 is 10.0 Å². The molecule has 1 aromatic rings. The summed E-state index contributed by atoms with van der Waals surface area (Å²) in [6.45, 7) is 1.82. The highest BCUT2D eigenvalue weighted by Gasteiger charge is 2.30. The molecule has 2 heterocycles. The lowest BCUT2D eigenvalue weighted by molar-refractivity contribution is -0.128. The molecule has 0 radical (unpaired) electrons. The quantitative estimate of drug-likeness (QED) is 0.685. The van der Waals surface area contributed by atoms with E-state index in [1.807, 2.05) is 0 Å². The number of nitrogens with one attached hydrogen (secondary N) is 2. The molecule has 2 rings (SSSR count). The number of rotatable bonds is 7. The van der Waals surface area contributed by atoms with Crippen molar-refractivity contribution in [1.29, 1.82) is 0 Å². The van der Waals surface area contributed by atoms with Crippen molar-refractivity contribution in [3.8, 4) is 0 Å². The van der Waals surface area contributed by atoms with Crippen molar-refractivity contribution < 1.29 is 17.9 Å². The number of methoxy groups -OCH3 is 1. The van der Waals surface area contributed by atoms with Gasteiger partial charge in [0.1, 0.15) is 4.90 Å². The van der Waals surface area contributed by atoms with E-state index in [4.69, 9.17) is 4.74 Å². The monoisotopic (exact) mass is 302 g/mol. The highest BCUT2D eigenvalue weighted by molar-refractivity contribution is 7.89. The zero-order valence-corrected chi connectivity index (χ0v) is 12.0. The number of amides is 1. The first kappa shape index (κ1) is 14.9. The zero-order valence-electron chi connectivity index (χ0n) is 11.2. The van der Waals surface area contributed by atoms with Crippen molar-refractivity contribution in [3.63, 3.8) is 0 Å². The van der Waals surface area contributed by atoms with Gasteiger partial charge in [-0.3, -0.25) is 9.89 Å². The predicted molar refractivity (Wildman–Crippen MR) is 70.3 cm³/mol. The number of carbonyl (C=O) groups is 1. The molecule has 9 heteroatoms. The Balaban J connectivity index is 1.85. The molecule has 1 atom stereocenters. The molecule has 0 spiro atoms. The largest absolute Gasteiger partial charge is 0.383 e. The van der Waals surface area contributed by atoms with Crippen LogP contribution in [0.3, 0.4) is 0 Å². The smallest absolute Gasteiger partial charge is 0.243 e. The normalized spacial score (nSPS) is 19.8. The maximum absolute atomic E-state index is 11.9. The second-order valence-corrected chi connectivity index (χ2v) is 6.46. The van der Waals surface area contributed by atoms with Gasteiger partial charge in [-0.1, -0.05) is 0 Å². The molecule has 1 unspecified atom stereocenters. The summed E-state index contributed by atoms with van der Waals surface area (Å²) >= 11 is 0. The van der Waals surface area contributed by atoms with E-state index in [-0.39, 0.29) is 23.3 Å². The van der Waals surface area contributed by atoms with Crippen molar-refractivity contribution in [1.82, 2.24) is 19.8 Å². The topological polar surface area (TPSA) is 104 Å². The molecule has 1 fully saturated rings. The van der Waals surface area contributed by atoms with Crippen LogP contribution in [0.5, 0.6) is 0 Å². The summed E-state index contributed by atoms with van der Waals surface area (Å²) in [5, 5.41) is 6.06. The van der Waals surface area contributed by atoms with Crippen LogP contribution in [0.15, 0.2) is 17.3 Å². The summed E-state index contributed by atoms with van der Waals surface area (Å²) in [5.74, 6) is 0.0237. The van der Waals surface area contributed by atoms with Crippen molar-refractivity contribution in [2.24, 2.45) is 5.92 Å². The summed E-state index contributed by atoms with van der Waals surface area (Å²) in [6.07, 6.45) is 2.91. The molecule has 1 amide bonds. The molecule has 8 nitrogen and oxygen atoms in total. The van der Waals surface area contributed by atoms with Gasteiger partial charge in [0.05, 0.1) is 12.8 Å². The van der Waals surface area contributed by atoms with Gasteiger partial charge in [-0.15, -0.1) is 0 Å². The summed E-state index contributed by atoms with van der Waals surface area (Å²) < 4.78 is 31.2. The first-order chi connectivity index (χ1) is 9.53. The van der Waals surface area contributed by atoms with E-state index in [1.54, 1.807) is 12.0 Å². The second-order valence-electron chi connectivity index (χ2n) is 4.69. The van der Waals surface area contributed by atoms with Gasteiger partial charge in [-0.05, 0) is 5.92 Å². The molecule has 2 N–H and O–H groups in total. The Morgan fingerprint density at radius 1 is 1.60 bits per heavy atom. The third-order valence-corrected chi connectivity index (χ3v) is 4.60. The SMILES string of the molecule is COCCN1CC(CNS(=O)(=O)c2cn[nH]c2)CC1=O. The average Bonchev–Trinajstić information content (AvgIpc) is 3.04. The number of sulfonamides is 1. The fourth-order valence-corrected chi connectivity index (χ4v) is 3.13. The fraction of sp³-hybridized carbons (Fsp3) is 0.636. The Kier molecular flexibility index (Phi) is 4.73. The van der Waals surface area contributed by atoms with E-state index in [9.17, 15) is 13.2 Å². The molecular formula is C11H18N4O4S. The predicted octanol–water partition coefficient (Wildman–Crippen LogP) is -0.817. The second kappa shape index (κ2) is 6.33. The molecule has 0 bridgehead atoms. The lowest BCUT2D eigenvalue weighted by Gasteiger charge is -2.16. The Morgan fingerprint density at radius 2 is 2.40 bits per heavy atom. The van der Waals surface area contributed by atoms with E-state index in [2.05, 4.69) is 14.9 Å². The van der Waals surface area contributed by atoms with Crippen LogP contribution in [0.2, 0.25) is 0 Å². The molecular weight excluding hydrogens is 284 g/mol. The first-order valence-corrected chi connectivity index (χ1v) is 7.76. The summed E-state index contributed by atoms with van der Waals surface area (Å²) in [7, 11) is -1.97. The summed E-state index contributed by atoms with van der Waals surface area (Å²) in [4.78, 5) is 13.5. The van der Waals surface area contributed by atoms with Crippen LogP contribution in [0.25, 0.3) is 0 Å². The minimum atomic E-state index is -3.55. The van der Waals surface area contributed by atoms with E-state index in [0.717, 1.165) is 0 Å². The van der Waals surface area contributed by atoms with E-state index >= 15 is 0 Å². The molecule has 1 aliphatic heterocycles. The Hall–Kier alpha value is -1.45. The molecule has 0 saturated carbocycles. The van der Waals surface area contributed by atoms with Crippen molar-refractivity contribution in [2.45, 2.75) is 11.3 Å². The Bertz CT molecular complexity index is 543. The van der Waals surface area contributed by atoms with Gasteiger partial charge in [0.15, 0.2) is 0 Å². The maximum Gasteiger partial charge on any atom is 0.243 e. The minimum absolute atomic E-state index is 0.0129. The third-order valence-electron chi connectivity index (χ3n) is 3.21. The highest BCUT2D eigenvalue weighted by atomic mass is 32.2. The summed E-state index contributed by atoms with van der Waals surface area (Å²) in [6, 6.07) is 0. The van der Waals surface area contributed by atoms with Crippen LogP contribution in [0.1, 0.15) is 6.42 Å². The first-order valence-electron chi connectivity index (χ1n) is 6.28. The van der Waals surface area contributed by atoms with Gasteiger partial charge in [0.25, 0.3) is 0 Å². The van der Waals surface area contributed by atoms with Gasteiger partial charge >= 0.3 is 0 Å². The standard InChI is InChI=1S/C11H18N4O4S/c1-19-3-2-15-8-9(4-11(15)16)5-14-20(17,18)10-6-12-13-7-10/h6-7,9,14H,2-5,8H2,1H3,(H,12,13). The van der Waals surface area contributed by atoms with Gasteiger partial charge in [0.2, 0.25) is 15.9 Å². The van der Waals surface area contributed by atoms with Crippen LogP contribution in [0.4, 0.5) is 0 Å². The molecule has 1 aromatic heterocycles. The van der Waals surface area contributed by atoms with Crippen molar-refractivity contribution in [3.05, 3.63) is 12.4 Å². The van der Waals surface area contributed by atoms with E-state index in [0.29, 0.717) is 26.1 Å². The molecule has 0 aromatic carbocycles. The number of nitrogens with zero attached hydrogens (tertiary/aromatic N) is 2. The van der Waals surface area contributed by atoms with Crippen LogP contribution >= 0.6 is 0 Å². The number of aromatic nitrogens is 2. The Labute approximate surface area is 117 Å². The number of likely N-dealkylation sites (tertiary alicyclic amines) is 1. The lowest BCUT2D eigenvalue weighted by atomic mass is 10.1. The average molecular weight is 302 g/mol. The van der Waals surface area contributed by atoms with Gasteiger partial charge in [-0.25, -0.2) is 13.1 Å². The van der Waals surface area contributed by atoms with Crippen LogP contribution in [-0.2, 0) is 19.6 Å². The fourth-order valence-electron chi connectivity index (χ4n) is 2.11. The van der Waals surface area contributed by atoms with Crippen LogP contribution in [-0.4, -0.2) is 62.8 Å². The third kappa shape index (κ3) is 3.56. The molecule has 1 saturated heterocycles. The maximum atomic E-state index is 11.9. The van der Waals surface area contributed by atoms with Crippen LogP contribution < -0.4 is 4.72 Å². The number of ether oxygens (including phenoxy) is 1. The minimum Gasteiger partial charge on any atom is -0.383 e. The molecule has 0 aliphatic carbocycles. The Morgan fingerprint density at radius 3 is 3.05 bits per heavy atom. The van der Waals surface area contributed by atoms with Crippen LogP contribution in [0, 0.1) is 5.92 Å². The number of aromatic amines is 1. The molecule has 1 aliphatic rings. The van der Waals surface area contributed by atoms with Gasteiger partial charge in [-0.2, -0.15) is 5.10 Å². The zero-order chi connectivity index (χ0) is 14.6. The summed E-state index contributed by atoms with van der Waals surface area (Å²) in [5.41, 5.74) is 0. The molecule has 112 valence electrons. The number of hydrogen-bond acceptors (Lipinski definition) is 5. The lowest BCUT2D eigenvalue weighted by Crippen LogP contribution is -2.32. The molecule has 20 heavy (non-hydrogen) atoms. The van der Waals surface area contributed by atoms with E-state index in [1.165, 1.54) is 12.4 Å². The number of H-pyrrole nitrogens is 1. The number of carbonyl (C=O) groups excluding carboxylic acids is 1. The van der Waals surface area contributed by atoms with Crippen molar-refractivity contribution in [2.75, 3.05) is 33.4 Å². The van der Waals surface area contributed by atoms with Gasteiger partial charge < -0.3 is 9.64 Å². The highest BCUT2D eigenvalue weighted by Crippen LogP contribution is 2.17. The van der Waals surface area contributed by atoms with Gasteiger partial charge in [0, 0.05) is 39.4 Å². The number of hydrogen-bond donors (Lipinski definition) is 2. The van der Waals surface area contributed by atoms with Crippen molar-refractivity contribution >= 4 is 15.9 Å².